The third-order valence-corrected chi connectivity index (χ3v) is 4.13. The number of nitrogens with zero attached hydrogens (tertiary/aromatic N) is 2. The molecule has 1 N–H and O–H groups in total. The fourth-order valence-corrected chi connectivity index (χ4v) is 3.19. The highest BCUT2D eigenvalue weighted by Crippen LogP contribution is 2.19. The summed E-state index contributed by atoms with van der Waals surface area (Å²) in [5.74, 6) is 0.606. The van der Waals surface area contributed by atoms with E-state index in [1.54, 1.807) is 0 Å². The second-order valence-corrected chi connectivity index (χ2v) is 5.47. The number of benzene rings is 1. The molecule has 4 rings (SSSR count). The maximum absolute atomic E-state index is 12.2. The van der Waals surface area contributed by atoms with Crippen molar-refractivity contribution in [3.63, 3.8) is 0 Å². The second kappa shape index (κ2) is 3.81. The summed E-state index contributed by atoms with van der Waals surface area (Å²) in [7, 11) is 0. The lowest BCUT2D eigenvalue weighted by atomic mass is 10.2. The van der Waals surface area contributed by atoms with E-state index in [4.69, 9.17) is 0 Å². The Labute approximate surface area is 116 Å². The standard InChI is InChI=1S/C14H10BrN3O/c15-8-4-3-7-11-12(8)13(19)17-14-16-9-5-1-2-6-10(9)18(11)14/h3-7H,1-2H2,(H,16,17,19). The molecule has 0 unspecified atom stereocenters. The monoisotopic (exact) mass is 315 g/mol. The van der Waals surface area contributed by atoms with Crippen LogP contribution in [0.3, 0.4) is 0 Å². The maximum atomic E-state index is 12.2. The highest BCUT2D eigenvalue weighted by Gasteiger charge is 2.11. The predicted octanol–water partition coefficient (Wildman–Crippen LogP) is 1.29. The number of fused-ring (bicyclic) bond motifs is 5. The van der Waals surface area contributed by atoms with Gasteiger partial charge in [-0.1, -0.05) is 18.2 Å². The average Bonchev–Trinajstić information content (AvgIpc) is 2.76. The summed E-state index contributed by atoms with van der Waals surface area (Å²) in [5, 5.41) is 2.68. The molecule has 19 heavy (non-hydrogen) atoms. The van der Waals surface area contributed by atoms with Gasteiger partial charge in [0.1, 0.15) is 0 Å². The van der Waals surface area contributed by atoms with Crippen molar-refractivity contribution in [1.82, 2.24) is 14.4 Å². The Hall–Kier alpha value is -1.88. The third-order valence-electron chi connectivity index (χ3n) is 3.47. The summed E-state index contributed by atoms with van der Waals surface area (Å²) in [6, 6.07) is 5.76. The Morgan fingerprint density at radius 1 is 1.26 bits per heavy atom. The molecule has 0 atom stereocenters. The van der Waals surface area contributed by atoms with E-state index in [1.165, 1.54) is 0 Å². The first-order valence-electron chi connectivity index (χ1n) is 6.15. The molecule has 94 valence electrons. The molecule has 5 heteroatoms. The van der Waals surface area contributed by atoms with E-state index in [1.807, 2.05) is 22.6 Å². The lowest BCUT2D eigenvalue weighted by Gasteiger charge is -2.04. The molecule has 2 heterocycles. The Kier molecular flexibility index (Phi) is 2.20. The first-order valence-corrected chi connectivity index (χ1v) is 6.94. The largest absolute Gasteiger partial charge is 0.291 e. The number of halogens is 1. The van der Waals surface area contributed by atoms with Gasteiger partial charge in [0.2, 0.25) is 5.78 Å². The summed E-state index contributed by atoms with van der Waals surface area (Å²) in [6.45, 7) is 0. The number of imidazole rings is 1. The van der Waals surface area contributed by atoms with Crippen molar-refractivity contribution in [3.8, 4) is 0 Å². The normalized spacial score (nSPS) is 14.2. The van der Waals surface area contributed by atoms with E-state index in [0.29, 0.717) is 11.2 Å². The van der Waals surface area contributed by atoms with Crippen molar-refractivity contribution in [2.24, 2.45) is 0 Å². The summed E-state index contributed by atoms with van der Waals surface area (Å²) >= 11 is 3.45. The van der Waals surface area contributed by atoms with Gasteiger partial charge in [-0.2, -0.15) is 0 Å². The lowest BCUT2D eigenvalue weighted by Crippen LogP contribution is -2.29. The van der Waals surface area contributed by atoms with Crippen molar-refractivity contribution in [3.05, 3.63) is 43.7 Å². The van der Waals surface area contributed by atoms with Gasteiger partial charge >= 0.3 is 0 Å². The molecular formula is C14H10BrN3O. The molecule has 1 aliphatic rings. The SMILES string of the molecule is O=c1[nH]c2nc3c(n2c2cccc(Br)c12)=CCCC=3. The van der Waals surface area contributed by atoms with Gasteiger partial charge in [0.25, 0.3) is 5.56 Å². The van der Waals surface area contributed by atoms with Crippen LogP contribution in [-0.2, 0) is 0 Å². The Morgan fingerprint density at radius 3 is 3.00 bits per heavy atom. The van der Waals surface area contributed by atoms with Crippen molar-refractivity contribution < 1.29 is 0 Å². The van der Waals surface area contributed by atoms with Gasteiger partial charge in [-0.3, -0.25) is 14.2 Å². The molecule has 3 aromatic rings. The summed E-state index contributed by atoms with van der Waals surface area (Å²) in [6.07, 6.45) is 6.30. The average molecular weight is 316 g/mol. The van der Waals surface area contributed by atoms with Crippen LogP contribution in [0.1, 0.15) is 12.8 Å². The summed E-state index contributed by atoms with van der Waals surface area (Å²) < 4.78 is 2.82. The first-order chi connectivity index (χ1) is 9.25. The minimum Gasteiger partial charge on any atom is -0.291 e. The Bertz CT molecular complexity index is 997. The fraction of sp³-hybridized carbons (Fsp3) is 0.143. The molecule has 0 saturated carbocycles. The smallest absolute Gasteiger partial charge is 0.261 e. The van der Waals surface area contributed by atoms with Crippen LogP contribution in [0.15, 0.2) is 27.5 Å². The minimum atomic E-state index is -0.114. The van der Waals surface area contributed by atoms with Crippen molar-refractivity contribution >= 4 is 44.8 Å². The quantitative estimate of drug-likeness (QED) is 0.679. The zero-order chi connectivity index (χ0) is 13.0. The van der Waals surface area contributed by atoms with E-state index < -0.39 is 0 Å². The number of H-pyrrole nitrogens is 1. The molecule has 2 aromatic heterocycles. The van der Waals surface area contributed by atoms with Gasteiger partial charge in [0.15, 0.2) is 0 Å². The maximum Gasteiger partial charge on any atom is 0.261 e. The molecule has 0 radical (unpaired) electrons. The summed E-state index contributed by atoms with van der Waals surface area (Å²) in [4.78, 5) is 19.5. The molecule has 0 spiro atoms. The van der Waals surface area contributed by atoms with Crippen molar-refractivity contribution in [2.75, 3.05) is 0 Å². The number of hydrogen-bond donors (Lipinski definition) is 1. The molecule has 0 saturated heterocycles. The minimum absolute atomic E-state index is 0.114. The van der Waals surface area contributed by atoms with E-state index in [-0.39, 0.29) is 5.56 Å². The topological polar surface area (TPSA) is 50.2 Å². The Balaban J connectivity index is 2.43. The highest BCUT2D eigenvalue weighted by atomic mass is 79.9. The third kappa shape index (κ3) is 1.45. The van der Waals surface area contributed by atoms with E-state index in [2.05, 4.69) is 38.0 Å². The molecule has 1 aliphatic carbocycles. The predicted molar refractivity (Wildman–Crippen MR) is 78.4 cm³/mol. The molecular weight excluding hydrogens is 306 g/mol. The van der Waals surface area contributed by atoms with Gasteiger partial charge in [0.05, 0.1) is 21.6 Å². The number of aromatic nitrogens is 3. The zero-order valence-corrected chi connectivity index (χ0v) is 11.6. The molecule has 0 bridgehead atoms. The molecule has 1 aromatic carbocycles. The van der Waals surface area contributed by atoms with Crippen LogP contribution in [0.2, 0.25) is 0 Å². The molecule has 0 amide bonds. The van der Waals surface area contributed by atoms with E-state index in [9.17, 15) is 4.79 Å². The highest BCUT2D eigenvalue weighted by molar-refractivity contribution is 9.10. The van der Waals surface area contributed by atoms with Gasteiger partial charge in [-0.25, -0.2) is 4.98 Å². The number of aromatic amines is 1. The Morgan fingerprint density at radius 2 is 2.11 bits per heavy atom. The van der Waals surface area contributed by atoms with Crippen LogP contribution in [-0.4, -0.2) is 14.4 Å². The zero-order valence-electron chi connectivity index (χ0n) is 9.98. The number of hydrogen-bond acceptors (Lipinski definition) is 2. The van der Waals surface area contributed by atoms with Crippen molar-refractivity contribution in [1.29, 1.82) is 0 Å². The molecule has 0 fully saturated rings. The van der Waals surface area contributed by atoms with Crippen molar-refractivity contribution in [2.45, 2.75) is 12.8 Å². The van der Waals surface area contributed by atoms with E-state index in [0.717, 1.165) is 33.5 Å². The van der Waals surface area contributed by atoms with Crippen LogP contribution in [0, 0.1) is 0 Å². The second-order valence-electron chi connectivity index (χ2n) is 4.61. The number of nitrogens with one attached hydrogen (secondary N) is 1. The van der Waals surface area contributed by atoms with Gasteiger partial charge in [-0.15, -0.1) is 0 Å². The van der Waals surface area contributed by atoms with Gasteiger partial charge in [0, 0.05) is 4.47 Å². The first kappa shape index (κ1) is 11.0. The lowest BCUT2D eigenvalue weighted by molar-refractivity contribution is 1.06. The van der Waals surface area contributed by atoms with E-state index >= 15 is 0 Å². The van der Waals surface area contributed by atoms with Crippen LogP contribution in [0.4, 0.5) is 0 Å². The van der Waals surface area contributed by atoms with Crippen LogP contribution < -0.4 is 16.3 Å². The van der Waals surface area contributed by atoms with Crippen LogP contribution in [0.25, 0.3) is 28.8 Å². The summed E-state index contributed by atoms with van der Waals surface area (Å²) in [5.41, 5.74) is 0.769. The van der Waals surface area contributed by atoms with Crippen LogP contribution in [0.5, 0.6) is 0 Å². The fourth-order valence-electron chi connectivity index (χ4n) is 2.65. The van der Waals surface area contributed by atoms with Gasteiger partial charge < -0.3 is 0 Å². The molecule has 4 nitrogen and oxygen atoms in total. The van der Waals surface area contributed by atoms with Gasteiger partial charge in [-0.05, 0) is 40.9 Å². The number of rotatable bonds is 0. The molecule has 0 aliphatic heterocycles. The van der Waals surface area contributed by atoms with Crippen LogP contribution >= 0.6 is 15.9 Å².